The number of rotatable bonds is 5. The summed E-state index contributed by atoms with van der Waals surface area (Å²) >= 11 is 3.32. The number of halogens is 1. The van der Waals surface area contributed by atoms with Gasteiger partial charge >= 0.3 is 0 Å². The van der Waals surface area contributed by atoms with Gasteiger partial charge in [0.1, 0.15) is 0 Å². The summed E-state index contributed by atoms with van der Waals surface area (Å²) in [7, 11) is -3.64. The van der Waals surface area contributed by atoms with Crippen molar-refractivity contribution in [2.24, 2.45) is 0 Å². The fourth-order valence-corrected chi connectivity index (χ4v) is 3.98. The van der Waals surface area contributed by atoms with Crippen LogP contribution in [0.4, 0.5) is 0 Å². The molecule has 7 heteroatoms. The number of aliphatic hydroxyl groups is 1. The Labute approximate surface area is 127 Å². The van der Waals surface area contributed by atoms with Gasteiger partial charge in [-0.2, -0.15) is 0 Å². The van der Waals surface area contributed by atoms with Crippen LogP contribution in [0.3, 0.4) is 0 Å². The number of ether oxygens (including phenoxy) is 1. The van der Waals surface area contributed by atoms with Crippen LogP contribution in [0.5, 0.6) is 0 Å². The van der Waals surface area contributed by atoms with E-state index in [0.717, 1.165) is 5.56 Å². The molecule has 0 atom stereocenters. The lowest BCUT2D eigenvalue weighted by molar-refractivity contribution is 0.0223. The highest BCUT2D eigenvalue weighted by Crippen LogP contribution is 2.23. The minimum atomic E-state index is -3.64. The van der Waals surface area contributed by atoms with E-state index in [4.69, 9.17) is 4.74 Å². The number of aliphatic hydroxyl groups excluding tert-OH is 1. The van der Waals surface area contributed by atoms with E-state index in [1.807, 2.05) is 0 Å². The van der Waals surface area contributed by atoms with Crippen LogP contribution >= 0.6 is 15.9 Å². The van der Waals surface area contributed by atoms with Gasteiger partial charge in [0.25, 0.3) is 0 Å². The SMILES string of the molecule is O=S(=O)(NC1(CO)CCOCC1)c1ccc(CBr)cc1. The smallest absolute Gasteiger partial charge is 0.241 e. The lowest BCUT2D eigenvalue weighted by atomic mass is 9.93. The molecule has 1 aliphatic rings. The van der Waals surface area contributed by atoms with E-state index in [1.165, 1.54) is 0 Å². The highest BCUT2D eigenvalue weighted by molar-refractivity contribution is 9.08. The molecule has 2 N–H and O–H groups in total. The Morgan fingerprint density at radius 2 is 1.85 bits per heavy atom. The van der Waals surface area contributed by atoms with Gasteiger partial charge in [0.15, 0.2) is 0 Å². The Morgan fingerprint density at radius 1 is 1.25 bits per heavy atom. The molecule has 0 bridgehead atoms. The molecular weight excluding hydrogens is 346 g/mol. The topological polar surface area (TPSA) is 75.6 Å². The van der Waals surface area contributed by atoms with Gasteiger partial charge in [-0.3, -0.25) is 0 Å². The first-order valence-corrected chi connectivity index (χ1v) is 8.99. The molecule has 1 heterocycles. The molecule has 0 radical (unpaired) electrons. The number of benzene rings is 1. The number of hydrogen-bond donors (Lipinski definition) is 2. The third-order valence-corrected chi connectivity index (χ3v) is 5.73. The summed E-state index contributed by atoms with van der Waals surface area (Å²) in [4.78, 5) is 0.210. The van der Waals surface area contributed by atoms with Gasteiger partial charge in [0, 0.05) is 18.5 Å². The van der Waals surface area contributed by atoms with E-state index >= 15 is 0 Å². The van der Waals surface area contributed by atoms with E-state index in [1.54, 1.807) is 24.3 Å². The van der Waals surface area contributed by atoms with Crippen molar-refractivity contribution in [3.05, 3.63) is 29.8 Å². The van der Waals surface area contributed by atoms with E-state index in [0.29, 0.717) is 31.4 Å². The number of alkyl halides is 1. The second-order valence-corrected chi connectivity index (χ2v) is 7.18. The maximum atomic E-state index is 12.4. The second-order valence-electron chi connectivity index (χ2n) is 4.93. The first-order valence-electron chi connectivity index (χ1n) is 6.39. The third-order valence-electron chi connectivity index (χ3n) is 3.49. The maximum Gasteiger partial charge on any atom is 0.241 e. The van der Waals surface area contributed by atoms with Crippen molar-refractivity contribution < 1.29 is 18.3 Å². The molecule has 5 nitrogen and oxygen atoms in total. The molecule has 2 rings (SSSR count). The van der Waals surface area contributed by atoms with Crippen LogP contribution in [0.2, 0.25) is 0 Å². The summed E-state index contributed by atoms with van der Waals surface area (Å²) < 4.78 is 32.6. The Bertz CT molecular complexity index is 538. The van der Waals surface area contributed by atoms with Gasteiger partial charge in [-0.05, 0) is 30.5 Å². The average Bonchev–Trinajstić information content (AvgIpc) is 2.48. The first kappa shape index (κ1) is 15.9. The molecule has 0 saturated carbocycles. The molecular formula is C13H18BrNO4S. The molecule has 1 aliphatic heterocycles. The summed E-state index contributed by atoms with van der Waals surface area (Å²) in [6.07, 6.45) is 0.949. The van der Waals surface area contributed by atoms with E-state index in [-0.39, 0.29) is 11.5 Å². The monoisotopic (exact) mass is 363 g/mol. The Balaban J connectivity index is 2.20. The predicted molar refractivity (Wildman–Crippen MR) is 79.3 cm³/mol. The second kappa shape index (κ2) is 6.53. The minimum absolute atomic E-state index is 0.210. The third kappa shape index (κ3) is 3.59. The molecule has 1 aromatic carbocycles. The van der Waals surface area contributed by atoms with Crippen LogP contribution in [0.1, 0.15) is 18.4 Å². The number of hydrogen-bond acceptors (Lipinski definition) is 4. The van der Waals surface area contributed by atoms with Crippen molar-refractivity contribution >= 4 is 26.0 Å². The van der Waals surface area contributed by atoms with Crippen LogP contribution in [-0.2, 0) is 20.1 Å². The van der Waals surface area contributed by atoms with Crippen LogP contribution in [-0.4, -0.2) is 38.9 Å². The van der Waals surface area contributed by atoms with Gasteiger partial charge < -0.3 is 9.84 Å². The zero-order valence-corrected chi connectivity index (χ0v) is 13.4. The standard InChI is InChI=1S/C13H18BrNO4S/c14-9-11-1-3-12(4-2-11)20(17,18)15-13(10-16)5-7-19-8-6-13/h1-4,15-16H,5-10H2. The van der Waals surface area contributed by atoms with Crippen LogP contribution < -0.4 is 4.72 Å². The van der Waals surface area contributed by atoms with Gasteiger partial charge in [-0.1, -0.05) is 28.1 Å². The molecule has 1 fully saturated rings. The summed E-state index contributed by atoms with van der Waals surface area (Å²) in [6, 6.07) is 6.67. The lowest BCUT2D eigenvalue weighted by Crippen LogP contribution is -2.54. The first-order chi connectivity index (χ1) is 9.51. The van der Waals surface area contributed by atoms with Crippen molar-refractivity contribution in [1.29, 1.82) is 0 Å². The fourth-order valence-electron chi connectivity index (χ4n) is 2.16. The Morgan fingerprint density at radius 3 is 2.35 bits per heavy atom. The predicted octanol–water partition coefficient (Wildman–Crippen LogP) is 1.40. The zero-order chi connectivity index (χ0) is 14.6. The molecule has 112 valence electrons. The van der Waals surface area contributed by atoms with Crippen molar-refractivity contribution in [1.82, 2.24) is 4.72 Å². The van der Waals surface area contributed by atoms with E-state index < -0.39 is 15.6 Å². The normalized spacial score (nSPS) is 18.9. The molecule has 1 aromatic rings. The largest absolute Gasteiger partial charge is 0.394 e. The lowest BCUT2D eigenvalue weighted by Gasteiger charge is -2.35. The van der Waals surface area contributed by atoms with Crippen molar-refractivity contribution in [3.8, 4) is 0 Å². The molecule has 0 spiro atoms. The molecule has 0 unspecified atom stereocenters. The summed E-state index contributed by atoms with van der Waals surface area (Å²) in [5.41, 5.74) is 0.192. The van der Waals surface area contributed by atoms with Crippen LogP contribution in [0.15, 0.2) is 29.2 Å². The van der Waals surface area contributed by atoms with Crippen molar-refractivity contribution in [3.63, 3.8) is 0 Å². The van der Waals surface area contributed by atoms with Crippen molar-refractivity contribution in [2.75, 3.05) is 19.8 Å². The van der Waals surface area contributed by atoms with Crippen molar-refractivity contribution in [2.45, 2.75) is 28.6 Å². The average molecular weight is 364 g/mol. The maximum absolute atomic E-state index is 12.4. The molecule has 20 heavy (non-hydrogen) atoms. The highest BCUT2D eigenvalue weighted by Gasteiger charge is 2.36. The molecule has 1 saturated heterocycles. The zero-order valence-electron chi connectivity index (χ0n) is 11.0. The summed E-state index contributed by atoms with van der Waals surface area (Å²) in [5, 5.41) is 10.2. The minimum Gasteiger partial charge on any atom is -0.394 e. The highest BCUT2D eigenvalue weighted by atomic mass is 79.9. The van der Waals surface area contributed by atoms with Crippen LogP contribution in [0.25, 0.3) is 0 Å². The molecule has 0 aromatic heterocycles. The van der Waals surface area contributed by atoms with Gasteiger partial charge in [0.05, 0.1) is 17.0 Å². The molecule has 0 aliphatic carbocycles. The fraction of sp³-hybridized carbons (Fsp3) is 0.538. The van der Waals surface area contributed by atoms with Gasteiger partial charge in [0.2, 0.25) is 10.0 Å². The van der Waals surface area contributed by atoms with E-state index in [9.17, 15) is 13.5 Å². The Hall–Kier alpha value is -0.470. The van der Waals surface area contributed by atoms with E-state index in [2.05, 4.69) is 20.7 Å². The number of sulfonamides is 1. The van der Waals surface area contributed by atoms with Gasteiger partial charge in [-0.25, -0.2) is 13.1 Å². The quantitative estimate of drug-likeness (QED) is 0.775. The Kier molecular flexibility index (Phi) is 5.19. The summed E-state index contributed by atoms with van der Waals surface area (Å²) in [5.74, 6) is 0. The number of nitrogens with one attached hydrogen (secondary N) is 1. The molecule has 0 amide bonds. The van der Waals surface area contributed by atoms with Gasteiger partial charge in [-0.15, -0.1) is 0 Å². The summed E-state index contributed by atoms with van der Waals surface area (Å²) in [6.45, 7) is 0.673. The van der Waals surface area contributed by atoms with Crippen LogP contribution in [0, 0.1) is 0 Å².